The third-order valence-electron chi connectivity index (χ3n) is 3.80. The van der Waals surface area contributed by atoms with E-state index in [-0.39, 0.29) is 17.1 Å². The van der Waals surface area contributed by atoms with E-state index in [2.05, 4.69) is 0 Å². The number of rotatable bonds is 0. The van der Waals surface area contributed by atoms with Gasteiger partial charge in [-0.3, -0.25) is 9.59 Å². The Bertz CT molecular complexity index is 830. The molecule has 0 fully saturated rings. The number of carbonyl (C=O) groups excluding carboxylic acids is 2. The van der Waals surface area contributed by atoms with Crippen LogP contribution in [0.4, 0.5) is 5.69 Å². The molecule has 1 heterocycles. The van der Waals surface area contributed by atoms with E-state index in [0.717, 1.165) is 19.6 Å². The first-order valence-corrected chi connectivity index (χ1v) is 8.38. The van der Waals surface area contributed by atoms with E-state index in [1.54, 1.807) is 24.3 Å². The van der Waals surface area contributed by atoms with Crippen LogP contribution in [0.3, 0.4) is 0 Å². The summed E-state index contributed by atoms with van der Waals surface area (Å²) in [5.74, 6) is -0.362. The normalized spacial score (nSPS) is 16.2. The second-order valence-corrected chi connectivity index (χ2v) is 7.50. The van der Waals surface area contributed by atoms with Crippen LogP contribution in [0.1, 0.15) is 26.3 Å². The third-order valence-corrected chi connectivity index (χ3v) is 6.59. The van der Waals surface area contributed by atoms with Gasteiger partial charge in [0.25, 0.3) is 0 Å². The van der Waals surface area contributed by atoms with Gasteiger partial charge in [-0.25, -0.2) is 0 Å². The number of carbonyl (C=O) groups is 2. The predicted octanol–water partition coefficient (Wildman–Crippen LogP) is 4.07. The van der Waals surface area contributed by atoms with Crippen LogP contribution < -0.4 is 5.73 Å². The van der Waals surface area contributed by atoms with Crippen molar-refractivity contribution in [1.29, 1.82) is 0 Å². The molecule has 2 aliphatic rings. The molecule has 0 bridgehead atoms. The Morgan fingerprint density at radius 3 is 2.05 bits per heavy atom. The van der Waals surface area contributed by atoms with Gasteiger partial charge in [0.15, 0.2) is 11.6 Å². The molecule has 2 N–H and O–H groups in total. The Morgan fingerprint density at radius 1 is 0.864 bits per heavy atom. The fraction of sp³-hybridized carbons (Fsp3) is 0.0588. The van der Waals surface area contributed by atoms with Crippen molar-refractivity contribution >= 4 is 40.8 Å². The van der Waals surface area contributed by atoms with Crippen molar-refractivity contribution < 1.29 is 9.59 Å². The Kier molecular flexibility index (Phi) is 2.96. The number of Topliss-reactive ketones (excluding diaryl/α,β-unsaturated/α-hetero) is 2. The molecule has 0 atom stereocenters. The Morgan fingerprint density at radius 2 is 1.45 bits per heavy atom. The average Bonchev–Trinajstić information content (AvgIpc) is 3.06. The molecule has 0 saturated carbocycles. The van der Waals surface area contributed by atoms with Crippen molar-refractivity contribution in [2.24, 2.45) is 0 Å². The number of aryl methyl sites for hydroxylation is 1. The van der Waals surface area contributed by atoms with E-state index in [9.17, 15) is 9.59 Å². The highest BCUT2D eigenvalue weighted by Gasteiger charge is 2.38. The van der Waals surface area contributed by atoms with Gasteiger partial charge in [0, 0.05) is 26.6 Å². The largest absolute Gasteiger partial charge is 0.398 e. The second kappa shape index (κ2) is 4.76. The van der Waals surface area contributed by atoms with Gasteiger partial charge < -0.3 is 5.73 Å². The smallest absolute Gasteiger partial charge is 0.199 e. The number of ketones is 2. The van der Waals surface area contributed by atoms with Gasteiger partial charge in [-0.1, -0.05) is 53.9 Å². The molecule has 1 aliphatic heterocycles. The van der Waals surface area contributed by atoms with E-state index in [1.165, 1.54) is 23.5 Å². The number of thioether (sulfide) groups is 2. The summed E-state index contributed by atoms with van der Waals surface area (Å²) in [5, 5.41) is 0. The van der Waals surface area contributed by atoms with Gasteiger partial charge in [0.1, 0.15) is 0 Å². The maximum atomic E-state index is 12.6. The maximum absolute atomic E-state index is 12.6. The number of allylic oxidation sites excluding steroid dienone is 1. The number of hydrogen-bond donors (Lipinski definition) is 1. The standard InChI is InChI=1S/C17H11NO2S2/c1-8-6-7-11(18)16-15(8)21-17(22-16)12-13(19)9-4-2-3-5-10(9)14(12)20/h2-7H,18H2,1H3. The summed E-state index contributed by atoms with van der Waals surface area (Å²) in [4.78, 5) is 27.2. The Hall–Kier alpha value is -1.98. The number of benzene rings is 2. The van der Waals surface area contributed by atoms with E-state index < -0.39 is 0 Å². The molecule has 108 valence electrons. The van der Waals surface area contributed by atoms with Crippen molar-refractivity contribution in [1.82, 2.24) is 0 Å². The van der Waals surface area contributed by atoms with Crippen LogP contribution in [0.15, 0.2) is 56.0 Å². The molecular formula is C17H11NO2S2. The number of nitrogen functional groups attached to an aromatic ring is 1. The summed E-state index contributed by atoms with van der Waals surface area (Å²) in [6.45, 7) is 2.01. The van der Waals surface area contributed by atoms with E-state index >= 15 is 0 Å². The lowest BCUT2D eigenvalue weighted by molar-refractivity contribution is 0.0989. The van der Waals surface area contributed by atoms with Gasteiger partial charge in [0.2, 0.25) is 0 Å². The van der Waals surface area contributed by atoms with Crippen molar-refractivity contribution in [3.05, 3.63) is 62.9 Å². The van der Waals surface area contributed by atoms with Crippen LogP contribution in [0.2, 0.25) is 0 Å². The van der Waals surface area contributed by atoms with E-state index in [1.807, 2.05) is 19.1 Å². The fourth-order valence-corrected chi connectivity index (χ4v) is 5.40. The zero-order chi connectivity index (χ0) is 15.4. The molecule has 2 aromatic rings. The minimum Gasteiger partial charge on any atom is -0.398 e. The average molecular weight is 325 g/mol. The zero-order valence-corrected chi connectivity index (χ0v) is 13.3. The van der Waals surface area contributed by atoms with Gasteiger partial charge >= 0.3 is 0 Å². The zero-order valence-electron chi connectivity index (χ0n) is 11.7. The molecule has 22 heavy (non-hydrogen) atoms. The van der Waals surface area contributed by atoms with Crippen LogP contribution >= 0.6 is 23.5 Å². The first kappa shape index (κ1) is 13.7. The van der Waals surface area contributed by atoms with Crippen molar-refractivity contribution in [3.63, 3.8) is 0 Å². The highest BCUT2D eigenvalue weighted by molar-refractivity contribution is 8.25. The first-order chi connectivity index (χ1) is 10.6. The summed E-state index contributed by atoms with van der Waals surface area (Å²) in [7, 11) is 0. The topological polar surface area (TPSA) is 60.2 Å². The molecule has 5 heteroatoms. The number of hydrogen-bond acceptors (Lipinski definition) is 5. The SMILES string of the molecule is Cc1ccc(N)c2c1SC(=C1C(=O)c3ccccc3C1=O)S2. The molecule has 0 spiro atoms. The van der Waals surface area contributed by atoms with Crippen LogP contribution in [-0.2, 0) is 0 Å². The lowest BCUT2D eigenvalue weighted by Gasteiger charge is -2.03. The minimum atomic E-state index is -0.181. The van der Waals surface area contributed by atoms with Crippen LogP contribution in [0.5, 0.6) is 0 Å². The molecule has 3 nitrogen and oxygen atoms in total. The second-order valence-electron chi connectivity index (χ2n) is 5.20. The van der Waals surface area contributed by atoms with Crippen LogP contribution in [-0.4, -0.2) is 11.6 Å². The van der Waals surface area contributed by atoms with E-state index in [4.69, 9.17) is 5.73 Å². The molecule has 0 amide bonds. The van der Waals surface area contributed by atoms with Gasteiger partial charge in [-0.2, -0.15) is 0 Å². The molecule has 0 saturated heterocycles. The van der Waals surface area contributed by atoms with Gasteiger partial charge in [0.05, 0.1) is 9.81 Å². The minimum absolute atomic E-state index is 0.181. The summed E-state index contributed by atoms with van der Waals surface area (Å²) in [6.07, 6.45) is 0. The highest BCUT2D eigenvalue weighted by Crippen LogP contribution is 2.56. The third kappa shape index (κ3) is 1.79. The number of nitrogens with two attached hydrogens (primary N) is 1. The summed E-state index contributed by atoms with van der Waals surface area (Å²) in [5.41, 5.74) is 9.09. The lowest BCUT2D eigenvalue weighted by Crippen LogP contribution is -2.01. The van der Waals surface area contributed by atoms with Crippen LogP contribution in [0.25, 0.3) is 0 Å². The fourth-order valence-electron chi connectivity index (χ4n) is 2.65. The van der Waals surface area contributed by atoms with Crippen LogP contribution in [0, 0.1) is 6.92 Å². The van der Waals surface area contributed by atoms with Crippen molar-refractivity contribution in [3.8, 4) is 0 Å². The van der Waals surface area contributed by atoms with Gasteiger partial charge in [-0.15, -0.1) is 0 Å². The summed E-state index contributed by atoms with van der Waals surface area (Å²) < 4.78 is 0.738. The quantitative estimate of drug-likeness (QED) is 0.449. The molecular weight excluding hydrogens is 314 g/mol. The first-order valence-electron chi connectivity index (χ1n) is 6.75. The monoisotopic (exact) mass is 325 g/mol. The summed E-state index contributed by atoms with van der Waals surface area (Å²) >= 11 is 2.90. The van der Waals surface area contributed by atoms with E-state index in [0.29, 0.717) is 16.8 Å². The summed E-state index contributed by atoms with van der Waals surface area (Å²) in [6, 6.07) is 10.8. The van der Waals surface area contributed by atoms with Crippen molar-refractivity contribution in [2.75, 3.05) is 5.73 Å². The molecule has 0 radical (unpaired) electrons. The Balaban J connectivity index is 1.86. The van der Waals surface area contributed by atoms with Crippen molar-refractivity contribution in [2.45, 2.75) is 16.7 Å². The molecule has 0 unspecified atom stereocenters. The maximum Gasteiger partial charge on any atom is 0.199 e. The molecule has 4 rings (SSSR count). The molecule has 0 aromatic heterocycles. The number of anilines is 1. The Labute approximate surface area is 136 Å². The molecule has 1 aliphatic carbocycles. The highest BCUT2D eigenvalue weighted by atomic mass is 32.2. The van der Waals surface area contributed by atoms with Gasteiger partial charge in [-0.05, 0) is 18.6 Å². The molecule has 2 aromatic carbocycles. The number of fused-ring (bicyclic) bond motifs is 2. The lowest BCUT2D eigenvalue weighted by atomic mass is 10.1. The predicted molar refractivity (Wildman–Crippen MR) is 89.4 cm³/mol.